The number of aromatic nitrogens is 1. The molecule has 1 spiro atoms. The molecule has 1 aromatic rings. The first kappa shape index (κ1) is 13.4. The van der Waals surface area contributed by atoms with E-state index < -0.39 is 5.41 Å². The van der Waals surface area contributed by atoms with Gasteiger partial charge in [-0.1, -0.05) is 0 Å². The van der Waals surface area contributed by atoms with Crippen molar-refractivity contribution >= 4 is 17.5 Å². The van der Waals surface area contributed by atoms with E-state index in [4.69, 9.17) is 0 Å². The monoisotopic (exact) mass is 298 g/mol. The van der Waals surface area contributed by atoms with Gasteiger partial charge in [0.05, 0.1) is 16.7 Å². The lowest BCUT2D eigenvalue weighted by molar-refractivity contribution is -0.128. The van der Waals surface area contributed by atoms with E-state index >= 15 is 0 Å². The quantitative estimate of drug-likeness (QED) is 0.891. The lowest BCUT2D eigenvalue weighted by atomic mass is 9.72. The molecule has 0 unspecified atom stereocenters. The van der Waals surface area contributed by atoms with Gasteiger partial charge in [0.15, 0.2) is 0 Å². The Bertz CT molecular complexity index is 643. The largest absolute Gasteiger partial charge is 0.339 e. The number of carbonyl (C=O) groups excluding carboxylic acids is 2. The molecule has 0 aromatic carbocycles. The van der Waals surface area contributed by atoms with Crippen LogP contribution >= 0.6 is 0 Å². The summed E-state index contributed by atoms with van der Waals surface area (Å²) in [6.45, 7) is 1.18. The highest BCUT2D eigenvalue weighted by Gasteiger charge is 2.53. The van der Waals surface area contributed by atoms with Crippen molar-refractivity contribution in [1.82, 2.24) is 15.3 Å². The van der Waals surface area contributed by atoms with Gasteiger partial charge in [0, 0.05) is 31.4 Å². The summed E-state index contributed by atoms with van der Waals surface area (Å²) in [5.74, 6) is 0.480. The molecule has 0 radical (unpaired) electrons. The van der Waals surface area contributed by atoms with Crippen molar-refractivity contribution in [2.75, 3.05) is 13.1 Å². The van der Waals surface area contributed by atoms with Crippen LogP contribution in [0.3, 0.4) is 0 Å². The van der Waals surface area contributed by atoms with Gasteiger partial charge in [-0.3, -0.25) is 14.6 Å². The highest BCUT2D eigenvalue weighted by atomic mass is 16.2. The molecule has 114 valence electrons. The Morgan fingerprint density at radius 3 is 2.73 bits per heavy atom. The van der Waals surface area contributed by atoms with Crippen molar-refractivity contribution < 1.29 is 9.59 Å². The van der Waals surface area contributed by atoms with Crippen LogP contribution in [-0.4, -0.2) is 40.5 Å². The second-order valence-electron chi connectivity index (χ2n) is 6.33. The highest BCUT2D eigenvalue weighted by molar-refractivity contribution is 6.14. The molecule has 1 N–H and O–H groups in total. The molecule has 1 aliphatic carbocycles. The molecule has 3 aliphatic rings. The van der Waals surface area contributed by atoms with Gasteiger partial charge < -0.3 is 4.90 Å². The van der Waals surface area contributed by atoms with Gasteiger partial charge in [-0.25, -0.2) is 5.43 Å². The number of hydrazone groups is 1. The first-order valence-corrected chi connectivity index (χ1v) is 7.78. The van der Waals surface area contributed by atoms with E-state index in [1.54, 1.807) is 24.5 Å². The molecule has 0 bridgehead atoms. The highest BCUT2D eigenvalue weighted by Crippen LogP contribution is 2.45. The number of nitrogens with one attached hydrogen (secondary N) is 1. The fraction of sp³-hybridized carbons (Fsp3) is 0.500. The maximum atomic E-state index is 12.5. The number of hydrogen-bond donors (Lipinski definition) is 1. The third-order valence-corrected chi connectivity index (χ3v) is 4.98. The molecule has 6 heteroatoms. The molecule has 6 nitrogen and oxygen atoms in total. The minimum atomic E-state index is -0.465. The molecule has 3 heterocycles. The molecular formula is C16H18N4O2. The van der Waals surface area contributed by atoms with Crippen LogP contribution in [0, 0.1) is 11.3 Å². The molecule has 1 aromatic heterocycles. The number of piperidine rings is 1. The molecule has 22 heavy (non-hydrogen) atoms. The molecule has 2 fully saturated rings. The molecule has 2 amide bonds. The molecule has 1 saturated heterocycles. The van der Waals surface area contributed by atoms with Gasteiger partial charge in [0.25, 0.3) is 11.8 Å². The maximum absolute atomic E-state index is 12.5. The van der Waals surface area contributed by atoms with E-state index in [9.17, 15) is 9.59 Å². The predicted molar refractivity (Wildman–Crippen MR) is 80.1 cm³/mol. The number of nitrogens with zero attached hydrogens (tertiary/aromatic N) is 3. The number of rotatable bonds is 2. The van der Waals surface area contributed by atoms with Crippen LogP contribution in [0.5, 0.6) is 0 Å². The fourth-order valence-electron chi connectivity index (χ4n) is 3.53. The van der Waals surface area contributed by atoms with Gasteiger partial charge in [0.1, 0.15) is 0 Å². The van der Waals surface area contributed by atoms with E-state index in [-0.39, 0.29) is 11.8 Å². The van der Waals surface area contributed by atoms with Crippen LogP contribution < -0.4 is 5.43 Å². The summed E-state index contributed by atoms with van der Waals surface area (Å²) in [5, 5.41) is 4.29. The van der Waals surface area contributed by atoms with E-state index in [1.165, 1.54) is 0 Å². The summed E-state index contributed by atoms with van der Waals surface area (Å²) in [4.78, 5) is 30.6. The standard InChI is InChI=1S/C16H18N4O2/c21-14(12-2-1-7-17-10-12)20-8-5-16(6-9-20)13(11-3-4-11)18-19-15(16)22/h1-2,7,10-11H,3-6,8-9H2,(H,19,22). The van der Waals surface area contributed by atoms with Crippen molar-refractivity contribution in [2.45, 2.75) is 25.7 Å². The van der Waals surface area contributed by atoms with Crippen molar-refractivity contribution in [3.05, 3.63) is 30.1 Å². The van der Waals surface area contributed by atoms with E-state index in [1.807, 2.05) is 4.90 Å². The van der Waals surface area contributed by atoms with Gasteiger partial charge >= 0.3 is 0 Å². The Morgan fingerprint density at radius 1 is 1.32 bits per heavy atom. The van der Waals surface area contributed by atoms with E-state index in [2.05, 4.69) is 15.5 Å². The Hall–Kier alpha value is -2.24. The molecule has 0 atom stereocenters. The molecule has 2 aliphatic heterocycles. The second-order valence-corrected chi connectivity index (χ2v) is 6.33. The van der Waals surface area contributed by atoms with Crippen molar-refractivity contribution in [1.29, 1.82) is 0 Å². The van der Waals surface area contributed by atoms with Crippen molar-refractivity contribution in [2.24, 2.45) is 16.4 Å². The summed E-state index contributed by atoms with van der Waals surface area (Å²) >= 11 is 0. The van der Waals surface area contributed by atoms with Crippen LogP contribution in [0.25, 0.3) is 0 Å². The van der Waals surface area contributed by atoms with Crippen LogP contribution in [0.1, 0.15) is 36.0 Å². The van der Waals surface area contributed by atoms with Gasteiger partial charge in [-0.2, -0.15) is 5.10 Å². The minimum Gasteiger partial charge on any atom is -0.339 e. The minimum absolute atomic E-state index is 0.00809. The zero-order valence-electron chi connectivity index (χ0n) is 12.3. The summed E-state index contributed by atoms with van der Waals surface area (Å²) in [6.07, 6.45) is 6.84. The maximum Gasteiger partial charge on any atom is 0.255 e. The van der Waals surface area contributed by atoms with E-state index in [0.29, 0.717) is 37.4 Å². The third-order valence-electron chi connectivity index (χ3n) is 4.98. The average molecular weight is 298 g/mol. The predicted octanol–water partition coefficient (Wildman–Crippen LogP) is 1.20. The topological polar surface area (TPSA) is 74.7 Å². The number of hydrogen-bond acceptors (Lipinski definition) is 4. The SMILES string of the molecule is O=C(c1cccnc1)N1CCC2(CC1)C(=O)NN=C2C1CC1. The first-order valence-electron chi connectivity index (χ1n) is 7.78. The Balaban J connectivity index is 1.49. The fourth-order valence-corrected chi connectivity index (χ4v) is 3.53. The summed E-state index contributed by atoms with van der Waals surface area (Å²) < 4.78 is 0. The first-order chi connectivity index (χ1) is 10.7. The molecule has 1 saturated carbocycles. The van der Waals surface area contributed by atoms with Crippen LogP contribution in [0.15, 0.2) is 29.6 Å². The Kier molecular flexibility index (Phi) is 2.99. The Labute approximate surface area is 128 Å². The molecular weight excluding hydrogens is 280 g/mol. The normalized spacial score (nSPS) is 23.4. The van der Waals surface area contributed by atoms with Crippen molar-refractivity contribution in [3.63, 3.8) is 0 Å². The number of amides is 2. The number of carbonyl (C=O) groups is 2. The average Bonchev–Trinajstić information content (AvgIpc) is 3.36. The summed E-state index contributed by atoms with van der Waals surface area (Å²) in [7, 11) is 0. The summed E-state index contributed by atoms with van der Waals surface area (Å²) in [6, 6.07) is 3.54. The lowest BCUT2D eigenvalue weighted by Gasteiger charge is -2.38. The van der Waals surface area contributed by atoms with Gasteiger partial charge in [-0.15, -0.1) is 0 Å². The Morgan fingerprint density at radius 2 is 2.09 bits per heavy atom. The lowest BCUT2D eigenvalue weighted by Crippen LogP contribution is -2.50. The molecule has 4 rings (SSSR count). The van der Waals surface area contributed by atoms with Crippen LogP contribution in [0.4, 0.5) is 0 Å². The van der Waals surface area contributed by atoms with Gasteiger partial charge in [0.2, 0.25) is 0 Å². The zero-order valence-corrected chi connectivity index (χ0v) is 12.3. The number of likely N-dealkylation sites (tertiary alicyclic amines) is 1. The number of pyridine rings is 1. The van der Waals surface area contributed by atoms with Crippen LogP contribution in [-0.2, 0) is 4.79 Å². The summed E-state index contributed by atoms with van der Waals surface area (Å²) in [5.41, 5.74) is 3.83. The smallest absolute Gasteiger partial charge is 0.255 e. The van der Waals surface area contributed by atoms with Crippen LogP contribution in [0.2, 0.25) is 0 Å². The van der Waals surface area contributed by atoms with Crippen molar-refractivity contribution in [3.8, 4) is 0 Å². The zero-order chi connectivity index (χ0) is 15.2. The third kappa shape index (κ3) is 2.01. The second kappa shape index (κ2) is 4.90. The van der Waals surface area contributed by atoms with Gasteiger partial charge in [-0.05, 0) is 37.8 Å². The van der Waals surface area contributed by atoms with E-state index in [0.717, 1.165) is 18.6 Å².